The van der Waals surface area contributed by atoms with Crippen molar-refractivity contribution in [2.24, 2.45) is 0 Å². The quantitative estimate of drug-likeness (QED) is 0.554. The number of nitrogens with one attached hydrogen (secondary N) is 2. The van der Waals surface area contributed by atoms with Crippen molar-refractivity contribution in [2.75, 3.05) is 18.4 Å². The van der Waals surface area contributed by atoms with Gasteiger partial charge in [0, 0.05) is 31.0 Å². The third-order valence-corrected chi connectivity index (χ3v) is 5.92. The number of amides is 1. The van der Waals surface area contributed by atoms with Gasteiger partial charge in [0.1, 0.15) is 5.82 Å². The Bertz CT molecular complexity index is 1350. The van der Waals surface area contributed by atoms with Crippen molar-refractivity contribution in [3.63, 3.8) is 0 Å². The number of alkyl halides is 3. The zero-order valence-electron chi connectivity index (χ0n) is 20.4. The number of nitrogens with zero attached hydrogens (tertiary/aromatic N) is 5. The summed E-state index contributed by atoms with van der Waals surface area (Å²) in [4.78, 5) is 45.4. The highest BCUT2D eigenvalue weighted by molar-refractivity contribution is 5.93. The summed E-state index contributed by atoms with van der Waals surface area (Å²) in [5, 5.41) is 2.81. The predicted molar refractivity (Wildman–Crippen MR) is 125 cm³/mol. The molecular formula is C23H26F3N7O3. The van der Waals surface area contributed by atoms with Crippen LogP contribution in [-0.2, 0) is 10.9 Å². The van der Waals surface area contributed by atoms with Crippen LogP contribution in [0.3, 0.4) is 0 Å². The molecule has 1 aliphatic heterocycles. The zero-order chi connectivity index (χ0) is 26.4. The van der Waals surface area contributed by atoms with Crippen molar-refractivity contribution in [1.82, 2.24) is 29.8 Å². The molecule has 3 aromatic heterocycles. The van der Waals surface area contributed by atoms with E-state index in [0.29, 0.717) is 13.1 Å². The fourth-order valence-electron chi connectivity index (χ4n) is 4.52. The first-order valence-electron chi connectivity index (χ1n) is 11.4. The molecule has 10 nitrogen and oxygen atoms in total. The minimum atomic E-state index is -4.79. The SMILES string of the molecule is Cc1nc2nc(C(F)(F)F)c([C@H](C)Nc3ncc(C(=O)N4C[C@@H](C)O[C@@H](C)C4)cn3)c(C)c2c(=O)[nH]1. The van der Waals surface area contributed by atoms with Gasteiger partial charge in [-0.3, -0.25) is 9.59 Å². The van der Waals surface area contributed by atoms with Gasteiger partial charge in [-0.15, -0.1) is 0 Å². The number of ether oxygens (including phenoxy) is 1. The molecule has 0 unspecified atom stereocenters. The number of morpholine rings is 1. The average Bonchev–Trinajstić information content (AvgIpc) is 2.77. The van der Waals surface area contributed by atoms with Crippen molar-refractivity contribution in [2.45, 2.75) is 59.0 Å². The van der Waals surface area contributed by atoms with E-state index in [0.717, 1.165) is 0 Å². The first-order chi connectivity index (χ1) is 16.8. The van der Waals surface area contributed by atoms with Crippen LogP contribution in [0.5, 0.6) is 0 Å². The predicted octanol–water partition coefficient (Wildman–Crippen LogP) is 3.17. The highest BCUT2D eigenvalue weighted by Crippen LogP contribution is 2.37. The molecule has 192 valence electrons. The number of hydrogen-bond acceptors (Lipinski definition) is 8. The van der Waals surface area contributed by atoms with Gasteiger partial charge in [0.15, 0.2) is 11.3 Å². The normalized spacial score (nSPS) is 19.4. The van der Waals surface area contributed by atoms with E-state index in [-0.39, 0.29) is 57.6 Å². The molecule has 3 atom stereocenters. The summed E-state index contributed by atoms with van der Waals surface area (Å²) in [5.74, 6) is -0.0747. The van der Waals surface area contributed by atoms with E-state index in [9.17, 15) is 22.8 Å². The minimum Gasteiger partial charge on any atom is -0.372 e. The van der Waals surface area contributed by atoms with Gasteiger partial charge in [0.2, 0.25) is 5.95 Å². The van der Waals surface area contributed by atoms with Crippen molar-refractivity contribution in [3.8, 4) is 0 Å². The van der Waals surface area contributed by atoms with Crippen LogP contribution < -0.4 is 10.9 Å². The summed E-state index contributed by atoms with van der Waals surface area (Å²) < 4.78 is 47.5. The van der Waals surface area contributed by atoms with E-state index in [2.05, 4.69) is 30.2 Å². The average molecular weight is 506 g/mol. The van der Waals surface area contributed by atoms with Gasteiger partial charge in [-0.2, -0.15) is 13.2 Å². The number of fused-ring (bicyclic) bond motifs is 1. The summed E-state index contributed by atoms with van der Waals surface area (Å²) in [6.45, 7) is 9.00. The lowest BCUT2D eigenvalue weighted by atomic mass is 9.97. The molecule has 0 radical (unpaired) electrons. The number of pyridine rings is 1. The lowest BCUT2D eigenvalue weighted by Gasteiger charge is -2.35. The van der Waals surface area contributed by atoms with Gasteiger partial charge in [-0.05, 0) is 40.2 Å². The van der Waals surface area contributed by atoms with Gasteiger partial charge < -0.3 is 19.9 Å². The molecule has 1 amide bonds. The van der Waals surface area contributed by atoms with Crippen LogP contribution in [0.15, 0.2) is 17.2 Å². The van der Waals surface area contributed by atoms with Gasteiger partial charge in [0.05, 0.1) is 29.2 Å². The molecule has 0 saturated carbocycles. The molecule has 13 heteroatoms. The second kappa shape index (κ2) is 9.45. The molecule has 0 aromatic carbocycles. The summed E-state index contributed by atoms with van der Waals surface area (Å²) in [6.07, 6.45) is -2.35. The zero-order valence-corrected chi connectivity index (χ0v) is 20.4. The van der Waals surface area contributed by atoms with E-state index in [4.69, 9.17) is 4.74 Å². The lowest BCUT2D eigenvalue weighted by molar-refractivity contribution is -0.141. The molecule has 4 rings (SSSR count). The molecule has 0 bridgehead atoms. The third-order valence-electron chi connectivity index (χ3n) is 5.92. The fourth-order valence-corrected chi connectivity index (χ4v) is 4.52. The van der Waals surface area contributed by atoms with Crippen molar-refractivity contribution >= 4 is 22.9 Å². The number of aryl methyl sites for hydroxylation is 2. The van der Waals surface area contributed by atoms with Crippen LogP contribution in [-0.4, -0.2) is 61.0 Å². The van der Waals surface area contributed by atoms with Crippen LogP contribution in [0.2, 0.25) is 0 Å². The summed E-state index contributed by atoms with van der Waals surface area (Å²) in [7, 11) is 0. The summed E-state index contributed by atoms with van der Waals surface area (Å²) in [5.41, 5.74) is -1.86. The highest BCUT2D eigenvalue weighted by Gasteiger charge is 2.39. The topological polar surface area (TPSA) is 126 Å². The Hall–Kier alpha value is -3.61. The van der Waals surface area contributed by atoms with E-state index in [1.54, 1.807) is 4.90 Å². The molecule has 2 N–H and O–H groups in total. The van der Waals surface area contributed by atoms with Crippen molar-refractivity contribution < 1.29 is 22.7 Å². The molecule has 36 heavy (non-hydrogen) atoms. The molecule has 1 fully saturated rings. The Morgan fingerprint density at radius 1 is 1.17 bits per heavy atom. The number of hydrogen-bond donors (Lipinski definition) is 2. The number of aromatic amines is 1. The van der Waals surface area contributed by atoms with Crippen LogP contribution in [0.1, 0.15) is 59.8 Å². The number of carbonyl (C=O) groups is 1. The summed E-state index contributed by atoms with van der Waals surface area (Å²) in [6, 6.07) is -0.971. The fraction of sp³-hybridized carbons (Fsp3) is 0.478. The molecular weight excluding hydrogens is 479 g/mol. The number of halogens is 3. The maximum Gasteiger partial charge on any atom is 0.433 e. The van der Waals surface area contributed by atoms with Crippen LogP contribution >= 0.6 is 0 Å². The Morgan fingerprint density at radius 3 is 2.36 bits per heavy atom. The van der Waals surface area contributed by atoms with E-state index < -0.39 is 23.5 Å². The van der Waals surface area contributed by atoms with Crippen molar-refractivity contribution in [1.29, 1.82) is 0 Å². The Morgan fingerprint density at radius 2 is 1.78 bits per heavy atom. The van der Waals surface area contributed by atoms with Gasteiger partial charge >= 0.3 is 6.18 Å². The number of carbonyl (C=O) groups excluding carboxylic acids is 1. The summed E-state index contributed by atoms with van der Waals surface area (Å²) >= 11 is 0. The second-order valence-electron chi connectivity index (χ2n) is 8.98. The van der Waals surface area contributed by atoms with Gasteiger partial charge in [-0.1, -0.05) is 0 Å². The maximum absolute atomic E-state index is 13.9. The van der Waals surface area contributed by atoms with E-state index >= 15 is 0 Å². The number of aromatic nitrogens is 5. The number of rotatable bonds is 4. The van der Waals surface area contributed by atoms with Gasteiger partial charge in [-0.25, -0.2) is 19.9 Å². The molecule has 3 aromatic rings. The first-order valence-corrected chi connectivity index (χ1v) is 11.4. The first kappa shape index (κ1) is 25.5. The van der Waals surface area contributed by atoms with E-state index in [1.165, 1.54) is 33.2 Å². The minimum absolute atomic E-state index is 0.0197. The van der Waals surface area contributed by atoms with E-state index in [1.807, 2.05) is 13.8 Å². The Kier molecular flexibility index (Phi) is 6.69. The molecule has 0 spiro atoms. The van der Waals surface area contributed by atoms with Crippen LogP contribution in [0.4, 0.5) is 19.1 Å². The Balaban J connectivity index is 1.63. The molecule has 0 aliphatic carbocycles. The van der Waals surface area contributed by atoms with Crippen LogP contribution in [0.25, 0.3) is 11.0 Å². The largest absolute Gasteiger partial charge is 0.433 e. The monoisotopic (exact) mass is 505 g/mol. The maximum atomic E-state index is 13.9. The van der Waals surface area contributed by atoms with Gasteiger partial charge in [0.25, 0.3) is 11.5 Å². The Labute approximate surface area is 204 Å². The molecule has 1 aliphatic rings. The molecule has 1 saturated heterocycles. The second-order valence-corrected chi connectivity index (χ2v) is 8.98. The highest BCUT2D eigenvalue weighted by atomic mass is 19.4. The standard InChI is InChI=1S/C23H26F3N7O3/c1-10-8-33(9-11(2)36-10)21(35)15-6-27-22(28-7-15)29-13(4)16-12(3)17-19(30-14(5)31-20(17)34)32-18(16)23(24,25)26/h6-7,10-11,13H,8-9H2,1-5H3,(H,27,28,29)(H,30,31,32,34)/t10-,11+,13-/m0/s1. The lowest BCUT2D eigenvalue weighted by Crippen LogP contribution is -2.48. The number of H-pyrrole nitrogens is 1. The van der Waals surface area contributed by atoms with Crippen molar-refractivity contribution in [3.05, 3.63) is 51.0 Å². The molecule has 4 heterocycles. The smallest absolute Gasteiger partial charge is 0.372 e. The van der Waals surface area contributed by atoms with Crippen LogP contribution in [0, 0.1) is 13.8 Å². The third kappa shape index (κ3) is 5.01. The number of anilines is 1.